The van der Waals surface area contributed by atoms with E-state index < -0.39 is 11.9 Å². The standard InChI is InChI=1S/C11H17F3N4.ClH/c1-7-4-18(5-8(2)15-7)6-9-3-10(17-16-9)11(12,13)14;/h3,7-8,15H,4-6H2,1-2H3,(H,16,17);1H. The third-order valence-corrected chi connectivity index (χ3v) is 2.95. The minimum atomic E-state index is -4.38. The highest BCUT2D eigenvalue weighted by Crippen LogP contribution is 2.27. The normalized spacial score (nSPS) is 25.1. The molecule has 8 heteroatoms. The average molecular weight is 299 g/mol. The van der Waals surface area contributed by atoms with Gasteiger partial charge in [0.15, 0.2) is 5.69 Å². The highest BCUT2D eigenvalue weighted by atomic mass is 35.5. The number of nitrogens with zero attached hydrogens (tertiary/aromatic N) is 2. The lowest BCUT2D eigenvalue weighted by Crippen LogP contribution is -2.53. The van der Waals surface area contributed by atoms with E-state index in [1.165, 1.54) is 0 Å². The van der Waals surface area contributed by atoms with Gasteiger partial charge in [-0.1, -0.05) is 0 Å². The van der Waals surface area contributed by atoms with Crippen LogP contribution in [0.25, 0.3) is 0 Å². The van der Waals surface area contributed by atoms with Crippen molar-refractivity contribution in [3.63, 3.8) is 0 Å². The molecule has 0 radical (unpaired) electrons. The summed E-state index contributed by atoms with van der Waals surface area (Å²) in [5.74, 6) is 0. The Kier molecular flexibility index (Phi) is 5.23. The van der Waals surface area contributed by atoms with E-state index in [2.05, 4.69) is 34.3 Å². The van der Waals surface area contributed by atoms with Crippen LogP contribution in [0.4, 0.5) is 13.2 Å². The predicted molar refractivity (Wildman–Crippen MR) is 68.2 cm³/mol. The van der Waals surface area contributed by atoms with Gasteiger partial charge in [-0.15, -0.1) is 12.4 Å². The highest BCUT2D eigenvalue weighted by Gasteiger charge is 2.34. The number of alkyl halides is 3. The molecule has 2 heterocycles. The van der Waals surface area contributed by atoms with E-state index in [0.717, 1.165) is 19.2 Å². The second kappa shape index (κ2) is 6.11. The van der Waals surface area contributed by atoms with Gasteiger partial charge >= 0.3 is 6.18 Å². The number of aromatic amines is 1. The van der Waals surface area contributed by atoms with E-state index in [0.29, 0.717) is 24.3 Å². The summed E-state index contributed by atoms with van der Waals surface area (Å²) in [5.41, 5.74) is -0.350. The van der Waals surface area contributed by atoms with Crippen molar-refractivity contribution in [3.05, 3.63) is 17.5 Å². The first-order chi connectivity index (χ1) is 8.34. The molecule has 1 aromatic rings. The van der Waals surface area contributed by atoms with Crippen LogP contribution in [0.15, 0.2) is 6.07 Å². The van der Waals surface area contributed by atoms with E-state index in [4.69, 9.17) is 0 Å². The quantitative estimate of drug-likeness (QED) is 0.878. The third-order valence-electron chi connectivity index (χ3n) is 2.95. The molecule has 1 aromatic heterocycles. The fourth-order valence-corrected chi connectivity index (χ4v) is 2.40. The van der Waals surface area contributed by atoms with Crippen molar-refractivity contribution in [2.45, 2.75) is 38.7 Å². The van der Waals surface area contributed by atoms with Crippen LogP contribution in [0.3, 0.4) is 0 Å². The maximum atomic E-state index is 12.4. The molecule has 1 fully saturated rings. The lowest BCUT2D eigenvalue weighted by Gasteiger charge is -2.35. The average Bonchev–Trinajstić information content (AvgIpc) is 2.63. The molecular formula is C11H18ClF3N4. The summed E-state index contributed by atoms with van der Waals surface area (Å²) in [7, 11) is 0. The number of nitrogens with one attached hydrogen (secondary N) is 2. The van der Waals surface area contributed by atoms with Crippen molar-refractivity contribution in [2.75, 3.05) is 13.1 Å². The van der Waals surface area contributed by atoms with E-state index in [9.17, 15) is 13.2 Å². The van der Waals surface area contributed by atoms with Crippen LogP contribution >= 0.6 is 12.4 Å². The molecule has 0 spiro atoms. The van der Waals surface area contributed by atoms with E-state index in [1.54, 1.807) is 0 Å². The van der Waals surface area contributed by atoms with Crippen LogP contribution in [-0.2, 0) is 12.7 Å². The van der Waals surface area contributed by atoms with Gasteiger partial charge in [-0.3, -0.25) is 10.00 Å². The smallest absolute Gasteiger partial charge is 0.309 e. The van der Waals surface area contributed by atoms with Gasteiger partial charge in [0.05, 0.1) is 0 Å². The Morgan fingerprint density at radius 1 is 1.32 bits per heavy atom. The number of hydrogen-bond acceptors (Lipinski definition) is 3. The number of hydrogen-bond donors (Lipinski definition) is 2. The summed E-state index contributed by atoms with van der Waals surface area (Å²) < 4.78 is 37.2. The molecule has 19 heavy (non-hydrogen) atoms. The minimum Gasteiger partial charge on any atom is -0.309 e. The van der Waals surface area contributed by atoms with Crippen LogP contribution in [-0.4, -0.2) is 40.3 Å². The van der Waals surface area contributed by atoms with E-state index in [1.807, 2.05) is 0 Å². The Hall–Kier alpha value is -0.790. The molecule has 0 amide bonds. The van der Waals surface area contributed by atoms with Gasteiger partial charge in [0.2, 0.25) is 0 Å². The lowest BCUT2D eigenvalue weighted by molar-refractivity contribution is -0.141. The van der Waals surface area contributed by atoms with Crippen LogP contribution in [0, 0.1) is 0 Å². The molecule has 0 aromatic carbocycles. The van der Waals surface area contributed by atoms with E-state index in [-0.39, 0.29) is 12.4 Å². The first-order valence-corrected chi connectivity index (χ1v) is 5.94. The Bertz CT molecular complexity index is 397. The zero-order chi connectivity index (χ0) is 13.3. The predicted octanol–water partition coefficient (Wildman–Crippen LogP) is 2.03. The molecule has 2 atom stereocenters. The molecule has 0 saturated carbocycles. The van der Waals surface area contributed by atoms with Gasteiger partial charge in [0, 0.05) is 37.4 Å². The Morgan fingerprint density at radius 2 is 1.89 bits per heavy atom. The first-order valence-electron chi connectivity index (χ1n) is 5.94. The summed E-state index contributed by atoms with van der Waals surface area (Å²) >= 11 is 0. The zero-order valence-corrected chi connectivity index (χ0v) is 11.6. The van der Waals surface area contributed by atoms with Crippen LogP contribution in [0.5, 0.6) is 0 Å². The van der Waals surface area contributed by atoms with Gasteiger partial charge < -0.3 is 5.32 Å². The molecule has 2 rings (SSSR count). The van der Waals surface area contributed by atoms with Crippen molar-refractivity contribution in [2.24, 2.45) is 0 Å². The van der Waals surface area contributed by atoms with E-state index >= 15 is 0 Å². The van der Waals surface area contributed by atoms with Crippen molar-refractivity contribution < 1.29 is 13.2 Å². The number of piperazine rings is 1. The summed E-state index contributed by atoms with van der Waals surface area (Å²) in [6.45, 7) is 6.25. The molecular weight excluding hydrogens is 281 g/mol. The maximum Gasteiger partial charge on any atom is 0.435 e. The monoisotopic (exact) mass is 298 g/mol. The molecule has 4 nitrogen and oxygen atoms in total. The fourth-order valence-electron chi connectivity index (χ4n) is 2.40. The summed E-state index contributed by atoms with van der Waals surface area (Å²) in [6, 6.07) is 1.77. The number of H-pyrrole nitrogens is 1. The molecule has 0 aliphatic carbocycles. The Balaban J connectivity index is 0.00000180. The van der Waals surface area contributed by atoms with Crippen LogP contribution in [0.2, 0.25) is 0 Å². The molecule has 1 saturated heterocycles. The summed E-state index contributed by atoms with van der Waals surface area (Å²) in [5, 5.41) is 9.13. The number of aromatic nitrogens is 2. The molecule has 0 bridgehead atoms. The molecule has 1 aliphatic heterocycles. The maximum absolute atomic E-state index is 12.4. The first kappa shape index (κ1) is 16.3. The van der Waals surface area contributed by atoms with Crippen LogP contribution < -0.4 is 5.32 Å². The fraction of sp³-hybridized carbons (Fsp3) is 0.727. The second-order valence-corrected chi connectivity index (χ2v) is 4.94. The minimum absolute atomic E-state index is 0. The number of halogens is 4. The van der Waals surface area contributed by atoms with Crippen LogP contribution in [0.1, 0.15) is 25.2 Å². The summed E-state index contributed by atoms with van der Waals surface area (Å²) in [6.07, 6.45) is -4.38. The Labute approximate surface area is 116 Å². The number of rotatable bonds is 2. The van der Waals surface area contributed by atoms with Crippen molar-refractivity contribution >= 4 is 12.4 Å². The molecule has 2 unspecified atom stereocenters. The SMILES string of the molecule is CC1CN(Cc2cc(C(F)(F)F)n[nH]2)CC(C)N1.Cl. The summed E-state index contributed by atoms with van der Waals surface area (Å²) in [4.78, 5) is 2.12. The Morgan fingerprint density at radius 3 is 2.37 bits per heavy atom. The lowest BCUT2D eigenvalue weighted by atomic mass is 10.1. The van der Waals surface area contributed by atoms with Gasteiger partial charge in [-0.05, 0) is 19.9 Å². The van der Waals surface area contributed by atoms with Gasteiger partial charge in [-0.2, -0.15) is 18.3 Å². The van der Waals surface area contributed by atoms with Gasteiger partial charge in [0.1, 0.15) is 0 Å². The van der Waals surface area contributed by atoms with Crippen molar-refractivity contribution in [3.8, 4) is 0 Å². The topological polar surface area (TPSA) is 44.0 Å². The zero-order valence-electron chi connectivity index (χ0n) is 10.8. The largest absolute Gasteiger partial charge is 0.435 e. The van der Waals surface area contributed by atoms with Crippen molar-refractivity contribution in [1.29, 1.82) is 0 Å². The van der Waals surface area contributed by atoms with Gasteiger partial charge in [0.25, 0.3) is 0 Å². The molecule has 1 aliphatic rings. The molecule has 110 valence electrons. The third kappa shape index (κ3) is 4.36. The van der Waals surface area contributed by atoms with Gasteiger partial charge in [-0.25, -0.2) is 0 Å². The highest BCUT2D eigenvalue weighted by molar-refractivity contribution is 5.85. The van der Waals surface area contributed by atoms with Crippen molar-refractivity contribution in [1.82, 2.24) is 20.4 Å². The second-order valence-electron chi connectivity index (χ2n) is 4.94. The molecule has 2 N–H and O–H groups in total.